The first-order valence-corrected chi connectivity index (χ1v) is 9.35. The Morgan fingerprint density at radius 1 is 0.850 bits per heavy atom. The molecule has 1 fully saturated rings. The van der Waals surface area contributed by atoms with Gasteiger partial charge >= 0.3 is 0 Å². The predicted molar refractivity (Wildman–Crippen MR) is 98.5 cm³/mol. The molecule has 1 unspecified atom stereocenters. The summed E-state index contributed by atoms with van der Waals surface area (Å²) in [5.74, 6) is 2.83. The topological polar surface area (TPSA) is 0 Å². The van der Waals surface area contributed by atoms with Crippen molar-refractivity contribution in [2.75, 3.05) is 0 Å². The number of hydrogen-bond acceptors (Lipinski definition) is 0. The van der Waals surface area contributed by atoms with Gasteiger partial charge in [0.15, 0.2) is 0 Å². The lowest BCUT2D eigenvalue weighted by Gasteiger charge is -2.02. The lowest BCUT2D eigenvalue weighted by Crippen LogP contribution is -1.88. The molecule has 0 aliphatic heterocycles. The third-order valence-electron chi connectivity index (χ3n) is 3.12. The van der Waals surface area contributed by atoms with Crippen molar-refractivity contribution >= 4 is 0 Å². The Morgan fingerprint density at radius 2 is 1.20 bits per heavy atom. The highest BCUT2D eigenvalue weighted by molar-refractivity contribution is 4.60. The van der Waals surface area contributed by atoms with Crippen LogP contribution in [0.3, 0.4) is 0 Å². The quantitative estimate of drug-likeness (QED) is 0.491. The summed E-state index contributed by atoms with van der Waals surface area (Å²) in [4.78, 5) is 0. The fraction of sp³-hybridized carbons (Fsp3) is 1.00. The summed E-state index contributed by atoms with van der Waals surface area (Å²) in [6.45, 7) is 19.9. The maximum Gasteiger partial charge on any atom is -0.0443 e. The first-order chi connectivity index (χ1) is 9.35. The molecular weight excluding hydrogens is 240 g/mol. The van der Waals surface area contributed by atoms with Gasteiger partial charge in [0.05, 0.1) is 0 Å². The van der Waals surface area contributed by atoms with Gasteiger partial charge in [-0.2, -0.15) is 0 Å². The average molecular weight is 287 g/mol. The normalized spacial score (nSPS) is 15.3. The van der Waals surface area contributed by atoms with Crippen LogP contribution in [0.4, 0.5) is 0 Å². The van der Waals surface area contributed by atoms with Crippen molar-refractivity contribution in [1.82, 2.24) is 0 Å². The second kappa shape index (κ2) is 21.3. The summed E-state index contributed by atoms with van der Waals surface area (Å²) < 4.78 is 0. The van der Waals surface area contributed by atoms with Crippen LogP contribution in [0.15, 0.2) is 0 Å². The van der Waals surface area contributed by atoms with Crippen LogP contribution < -0.4 is 0 Å². The molecule has 0 amide bonds. The first kappa shape index (κ1) is 25.0. The van der Waals surface area contributed by atoms with Crippen LogP contribution in [0.2, 0.25) is 0 Å². The van der Waals surface area contributed by atoms with E-state index in [1.54, 1.807) is 0 Å². The predicted octanol–water partition coefficient (Wildman–Crippen LogP) is 8.11. The summed E-state index contributed by atoms with van der Waals surface area (Å²) in [6.07, 6.45) is 11.3. The fourth-order valence-corrected chi connectivity index (χ4v) is 1.83. The van der Waals surface area contributed by atoms with Gasteiger partial charge in [-0.25, -0.2) is 0 Å². The Hall–Kier alpha value is 0. The van der Waals surface area contributed by atoms with Gasteiger partial charge in [-0.15, -0.1) is 0 Å². The summed E-state index contributed by atoms with van der Waals surface area (Å²) in [5, 5.41) is 0. The van der Waals surface area contributed by atoms with Crippen LogP contribution in [0.5, 0.6) is 0 Å². The Kier molecular flexibility index (Phi) is 26.6. The molecule has 0 radical (unpaired) electrons. The van der Waals surface area contributed by atoms with Crippen LogP contribution in [-0.2, 0) is 0 Å². The summed E-state index contributed by atoms with van der Waals surface area (Å²) >= 11 is 0. The molecule has 0 saturated heterocycles. The van der Waals surface area contributed by atoms with Crippen molar-refractivity contribution in [3.05, 3.63) is 0 Å². The maximum atomic E-state index is 2.34. The van der Waals surface area contributed by atoms with Gasteiger partial charge < -0.3 is 0 Å². The lowest BCUT2D eigenvalue weighted by atomic mass is 10.0. The minimum atomic E-state index is 0.833. The SMILES string of the molecule is CC(C)C.CC1CCCC1.CCC.CCCC(C)CC. The zero-order valence-corrected chi connectivity index (χ0v) is 16.4. The monoisotopic (exact) mass is 286 g/mol. The van der Waals surface area contributed by atoms with E-state index in [1.807, 2.05) is 0 Å². The van der Waals surface area contributed by atoms with Gasteiger partial charge in [0.2, 0.25) is 0 Å². The Bertz CT molecular complexity index is 128. The first-order valence-electron chi connectivity index (χ1n) is 9.35. The van der Waals surface area contributed by atoms with Crippen LogP contribution in [0.25, 0.3) is 0 Å². The Morgan fingerprint density at radius 3 is 1.30 bits per heavy atom. The van der Waals surface area contributed by atoms with Crippen molar-refractivity contribution in [3.8, 4) is 0 Å². The molecule has 1 aliphatic rings. The molecule has 20 heavy (non-hydrogen) atoms. The van der Waals surface area contributed by atoms with Gasteiger partial charge in [0, 0.05) is 0 Å². The van der Waals surface area contributed by atoms with E-state index in [4.69, 9.17) is 0 Å². The standard InChI is InChI=1S/C7H16.C6H12.C4H10.C3H8/c1-4-6-7(3)5-2;1-6-4-2-3-5-6;1-4(2)3;1-3-2/h7H,4-6H2,1-3H3;6H,2-5H2,1H3;4H,1-3H3;3H2,1-2H3. The molecule has 126 valence electrons. The minimum absolute atomic E-state index is 0.833. The van der Waals surface area contributed by atoms with E-state index in [0.717, 1.165) is 17.8 Å². The van der Waals surface area contributed by atoms with Crippen molar-refractivity contribution in [1.29, 1.82) is 0 Å². The third-order valence-corrected chi connectivity index (χ3v) is 3.12. The van der Waals surface area contributed by atoms with Gasteiger partial charge in [0.1, 0.15) is 0 Å². The Labute approximate surface area is 132 Å². The summed E-state index contributed by atoms with van der Waals surface area (Å²) in [7, 11) is 0. The van der Waals surface area contributed by atoms with E-state index in [1.165, 1.54) is 51.4 Å². The van der Waals surface area contributed by atoms with Gasteiger partial charge in [-0.3, -0.25) is 0 Å². The summed E-state index contributed by atoms with van der Waals surface area (Å²) in [5.41, 5.74) is 0. The highest BCUT2D eigenvalue weighted by Gasteiger charge is 2.07. The molecule has 1 atom stereocenters. The van der Waals surface area contributed by atoms with Crippen LogP contribution in [-0.4, -0.2) is 0 Å². The largest absolute Gasteiger partial charge is 0.0656 e. The fourth-order valence-electron chi connectivity index (χ4n) is 1.83. The molecule has 1 saturated carbocycles. The zero-order chi connectivity index (χ0) is 16.4. The summed E-state index contributed by atoms with van der Waals surface area (Å²) in [6, 6.07) is 0. The number of rotatable bonds is 3. The van der Waals surface area contributed by atoms with E-state index < -0.39 is 0 Å². The molecule has 0 bridgehead atoms. The molecule has 0 spiro atoms. The Balaban J connectivity index is -0.000000203. The molecule has 1 rings (SSSR count). The van der Waals surface area contributed by atoms with E-state index in [0.29, 0.717) is 0 Å². The average Bonchev–Trinajstić information content (AvgIpc) is 2.81. The molecule has 1 aliphatic carbocycles. The van der Waals surface area contributed by atoms with Crippen molar-refractivity contribution in [2.45, 2.75) is 114 Å². The van der Waals surface area contributed by atoms with Crippen molar-refractivity contribution < 1.29 is 0 Å². The zero-order valence-electron chi connectivity index (χ0n) is 16.4. The molecule has 0 aromatic heterocycles. The van der Waals surface area contributed by atoms with Crippen LogP contribution >= 0.6 is 0 Å². The van der Waals surface area contributed by atoms with Crippen LogP contribution in [0.1, 0.15) is 114 Å². The second-order valence-corrected chi connectivity index (χ2v) is 7.13. The minimum Gasteiger partial charge on any atom is -0.0656 e. The third kappa shape index (κ3) is 36.1. The maximum absolute atomic E-state index is 2.34. The van der Waals surface area contributed by atoms with E-state index in [9.17, 15) is 0 Å². The smallest absolute Gasteiger partial charge is 0.0443 e. The molecular formula is C20H46. The van der Waals surface area contributed by atoms with Crippen molar-refractivity contribution in [2.24, 2.45) is 17.8 Å². The van der Waals surface area contributed by atoms with Gasteiger partial charge in [-0.1, -0.05) is 114 Å². The lowest BCUT2D eigenvalue weighted by molar-refractivity contribution is 0.509. The molecule has 0 nitrogen and oxygen atoms in total. The van der Waals surface area contributed by atoms with Gasteiger partial charge in [-0.05, 0) is 17.8 Å². The van der Waals surface area contributed by atoms with Crippen LogP contribution in [0, 0.1) is 17.8 Å². The number of hydrogen-bond donors (Lipinski definition) is 0. The van der Waals surface area contributed by atoms with E-state index in [2.05, 4.69) is 62.3 Å². The van der Waals surface area contributed by atoms with Crippen molar-refractivity contribution in [3.63, 3.8) is 0 Å². The molecule has 0 heterocycles. The highest BCUT2D eigenvalue weighted by Crippen LogP contribution is 2.22. The molecule has 0 heteroatoms. The molecule has 0 aromatic carbocycles. The highest BCUT2D eigenvalue weighted by atomic mass is 14.1. The van der Waals surface area contributed by atoms with E-state index in [-0.39, 0.29) is 0 Å². The second-order valence-electron chi connectivity index (χ2n) is 7.13. The van der Waals surface area contributed by atoms with E-state index >= 15 is 0 Å². The molecule has 0 N–H and O–H groups in total. The molecule has 0 aromatic rings. The van der Waals surface area contributed by atoms with Gasteiger partial charge in [0.25, 0.3) is 0 Å².